The zero-order chi connectivity index (χ0) is 15.5. The Balaban J connectivity index is 1.90. The van der Waals surface area contributed by atoms with Gasteiger partial charge in [0.05, 0.1) is 17.7 Å². The summed E-state index contributed by atoms with van der Waals surface area (Å²) in [5.74, 6) is -0.112. The molecule has 0 aromatic carbocycles. The third kappa shape index (κ3) is 4.26. The van der Waals surface area contributed by atoms with Crippen molar-refractivity contribution in [1.82, 2.24) is 14.7 Å². The van der Waals surface area contributed by atoms with Gasteiger partial charge >= 0.3 is 0 Å². The van der Waals surface area contributed by atoms with Crippen molar-refractivity contribution in [2.75, 3.05) is 20.3 Å². The molecule has 2 N–H and O–H groups in total. The first-order valence-electron chi connectivity index (χ1n) is 6.81. The first-order chi connectivity index (χ1) is 9.91. The standard InChI is InChI=1S/C14H21N3O3S/c1-10-7-17-11(8-21-13(17)16-10)6-12(18)15-9-14(2,19)4-5-20-3/h7-8,19H,4-6,9H2,1-3H3,(H,15,18). The minimum Gasteiger partial charge on any atom is -0.388 e. The molecule has 0 saturated heterocycles. The lowest BCUT2D eigenvalue weighted by Crippen LogP contribution is -2.41. The van der Waals surface area contributed by atoms with Crippen LogP contribution in [0.2, 0.25) is 0 Å². The minimum atomic E-state index is -0.957. The van der Waals surface area contributed by atoms with Gasteiger partial charge in [0.25, 0.3) is 0 Å². The van der Waals surface area contributed by atoms with Gasteiger partial charge in [0, 0.05) is 44.0 Å². The summed E-state index contributed by atoms with van der Waals surface area (Å²) in [6.45, 7) is 4.29. The number of methoxy groups -OCH3 is 1. The molecule has 116 valence electrons. The molecule has 0 aliphatic carbocycles. The lowest BCUT2D eigenvalue weighted by Gasteiger charge is -2.23. The van der Waals surface area contributed by atoms with E-state index in [9.17, 15) is 9.90 Å². The van der Waals surface area contributed by atoms with E-state index in [1.165, 1.54) is 11.3 Å². The summed E-state index contributed by atoms with van der Waals surface area (Å²) >= 11 is 1.52. The maximum absolute atomic E-state index is 12.0. The van der Waals surface area contributed by atoms with Crippen molar-refractivity contribution in [1.29, 1.82) is 0 Å². The van der Waals surface area contributed by atoms with Crippen LogP contribution in [0, 0.1) is 6.92 Å². The van der Waals surface area contributed by atoms with Crippen molar-refractivity contribution < 1.29 is 14.6 Å². The number of hydrogen-bond acceptors (Lipinski definition) is 5. The number of aryl methyl sites for hydroxylation is 1. The van der Waals surface area contributed by atoms with Gasteiger partial charge in [-0.25, -0.2) is 4.98 Å². The normalized spacial score (nSPS) is 14.3. The van der Waals surface area contributed by atoms with Gasteiger partial charge < -0.3 is 15.2 Å². The van der Waals surface area contributed by atoms with Gasteiger partial charge in [-0.05, 0) is 13.8 Å². The van der Waals surface area contributed by atoms with Crippen molar-refractivity contribution in [2.45, 2.75) is 32.3 Å². The van der Waals surface area contributed by atoms with Crippen molar-refractivity contribution >= 4 is 22.2 Å². The second-order valence-corrected chi connectivity index (χ2v) is 6.29. The van der Waals surface area contributed by atoms with E-state index in [1.807, 2.05) is 22.9 Å². The smallest absolute Gasteiger partial charge is 0.226 e. The van der Waals surface area contributed by atoms with E-state index < -0.39 is 5.60 Å². The van der Waals surface area contributed by atoms with Gasteiger partial charge in [-0.1, -0.05) is 0 Å². The molecule has 0 fully saturated rings. The largest absolute Gasteiger partial charge is 0.388 e. The molecule has 0 saturated carbocycles. The maximum atomic E-state index is 12.0. The van der Waals surface area contributed by atoms with Gasteiger partial charge in [-0.2, -0.15) is 0 Å². The number of nitrogens with zero attached hydrogens (tertiary/aromatic N) is 2. The molecule has 6 nitrogen and oxygen atoms in total. The summed E-state index contributed by atoms with van der Waals surface area (Å²) in [6, 6.07) is 0. The van der Waals surface area contributed by atoms with Crippen LogP contribution in [0.3, 0.4) is 0 Å². The Labute approximate surface area is 127 Å². The molecule has 0 spiro atoms. The van der Waals surface area contributed by atoms with Crippen LogP contribution in [-0.2, 0) is 16.0 Å². The van der Waals surface area contributed by atoms with Gasteiger partial charge in [-0.15, -0.1) is 11.3 Å². The Morgan fingerprint density at radius 3 is 3.10 bits per heavy atom. The maximum Gasteiger partial charge on any atom is 0.226 e. The van der Waals surface area contributed by atoms with E-state index in [2.05, 4.69) is 10.3 Å². The van der Waals surface area contributed by atoms with E-state index in [4.69, 9.17) is 4.74 Å². The quantitative estimate of drug-likeness (QED) is 0.804. The molecule has 1 amide bonds. The number of carbonyl (C=O) groups is 1. The highest BCUT2D eigenvalue weighted by molar-refractivity contribution is 7.15. The summed E-state index contributed by atoms with van der Waals surface area (Å²) in [5.41, 5.74) is 0.886. The third-order valence-corrected chi connectivity index (χ3v) is 4.15. The zero-order valence-electron chi connectivity index (χ0n) is 12.5. The van der Waals surface area contributed by atoms with E-state index in [0.717, 1.165) is 16.3 Å². The number of aromatic nitrogens is 2. The van der Waals surface area contributed by atoms with E-state index in [-0.39, 0.29) is 18.9 Å². The molecule has 0 aliphatic rings. The first-order valence-corrected chi connectivity index (χ1v) is 7.69. The monoisotopic (exact) mass is 311 g/mol. The molecule has 1 atom stereocenters. The topological polar surface area (TPSA) is 75.9 Å². The molecule has 2 heterocycles. The second-order valence-electron chi connectivity index (χ2n) is 5.46. The zero-order valence-corrected chi connectivity index (χ0v) is 13.4. The van der Waals surface area contributed by atoms with Gasteiger partial charge in [-0.3, -0.25) is 9.20 Å². The summed E-state index contributed by atoms with van der Waals surface area (Å²) in [4.78, 5) is 17.2. The summed E-state index contributed by atoms with van der Waals surface area (Å²) in [5, 5.41) is 14.8. The number of aliphatic hydroxyl groups is 1. The fourth-order valence-corrected chi connectivity index (χ4v) is 2.91. The lowest BCUT2D eigenvalue weighted by molar-refractivity contribution is -0.121. The molecular formula is C14H21N3O3S. The van der Waals surface area contributed by atoms with Crippen LogP contribution in [0.4, 0.5) is 0 Å². The highest BCUT2D eigenvalue weighted by atomic mass is 32.1. The van der Waals surface area contributed by atoms with Crippen LogP contribution >= 0.6 is 11.3 Å². The van der Waals surface area contributed by atoms with Gasteiger partial charge in [0.2, 0.25) is 5.91 Å². The van der Waals surface area contributed by atoms with E-state index >= 15 is 0 Å². The van der Waals surface area contributed by atoms with Crippen LogP contribution in [0.1, 0.15) is 24.7 Å². The molecule has 0 aliphatic heterocycles. The minimum absolute atomic E-state index is 0.112. The van der Waals surface area contributed by atoms with Crippen molar-refractivity contribution in [2.24, 2.45) is 0 Å². The van der Waals surface area contributed by atoms with Crippen LogP contribution in [0.5, 0.6) is 0 Å². The SMILES string of the molecule is COCCC(C)(O)CNC(=O)Cc1csc2nc(C)cn12. The molecule has 7 heteroatoms. The highest BCUT2D eigenvalue weighted by Gasteiger charge is 2.21. The van der Waals surface area contributed by atoms with Crippen molar-refractivity contribution in [3.05, 3.63) is 23.0 Å². The molecule has 2 aromatic rings. The molecule has 1 unspecified atom stereocenters. The third-order valence-electron chi connectivity index (χ3n) is 3.26. The summed E-state index contributed by atoms with van der Waals surface area (Å²) in [7, 11) is 1.59. The first kappa shape index (κ1) is 15.9. The predicted octanol–water partition coefficient (Wildman–Crippen LogP) is 1.15. The molecule has 21 heavy (non-hydrogen) atoms. The van der Waals surface area contributed by atoms with E-state index in [0.29, 0.717) is 13.0 Å². The Kier molecular flexibility index (Phi) is 4.97. The number of amides is 1. The van der Waals surface area contributed by atoms with Crippen LogP contribution in [-0.4, -0.2) is 46.3 Å². The number of hydrogen-bond donors (Lipinski definition) is 2. The fourth-order valence-electron chi connectivity index (χ4n) is 2.00. The van der Waals surface area contributed by atoms with Gasteiger partial charge in [0.1, 0.15) is 0 Å². The number of carbonyl (C=O) groups excluding carboxylic acids is 1. The second kappa shape index (κ2) is 6.55. The average molecular weight is 311 g/mol. The lowest BCUT2D eigenvalue weighted by atomic mass is 10.0. The average Bonchev–Trinajstić information content (AvgIpc) is 2.95. The summed E-state index contributed by atoms with van der Waals surface area (Å²) < 4.78 is 6.87. The Morgan fingerprint density at radius 1 is 1.62 bits per heavy atom. The fraction of sp³-hybridized carbons (Fsp3) is 0.571. The number of rotatable bonds is 7. The Hall–Kier alpha value is -1.44. The number of fused-ring (bicyclic) bond motifs is 1. The highest BCUT2D eigenvalue weighted by Crippen LogP contribution is 2.17. The number of imidazole rings is 1. The van der Waals surface area contributed by atoms with Crippen LogP contribution in [0.25, 0.3) is 4.96 Å². The van der Waals surface area contributed by atoms with Gasteiger partial charge in [0.15, 0.2) is 4.96 Å². The summed E-state index contributed by atoms with van der Waals surface area (Å²) in [6.07, 6.45) is 2.67. The predicted molar refractivity (Wildman–Crippen MR) is 81.6 cm³/mol. The van der Waals surface area contributed by atoms with Crippen LogP contribution < -0.4 is 5.32 Å². The Bertz CT molecular complexity index is 618. The number of ether oxygens (including phenoxy) is 1. The molecule has 0 radical (unpaired) electrons. The number of nitrogens with one attached hydrogen (secondary N) is 1. The number of thiazole rings is 1. The molecule has 0 bridgehead atoms. The van der Waals surface area contributed by atoms with Crippen molar-refractivity contribution in [3.8, 4) is 0 Å². The molecule has 2 rings (SSSR count). The molecule has 2 aromatic heterocycles. The van der Waals surface area contributed by atoms with Crippen molar-refractivity contribution in [3.63, 3.8) is 0 Å². The van der Waals surface area contributed by atoms with Crippen LogP contribution in [0.15, 0.2) is 11.6 Å². The van der Waals surface area contributed by atoms with E-state index in [1.54, 1.807) is 14.0 Å². The molecular weight excluding hydrogens is 290 g/mol. The Morgan fingerprint density at radius 2 is 2.38 bits per heavy atom.